The Hall–Kier alpha value is -1.35. The summed E-state index contributed by atoms with van der Waals surface area (Å²) in [7, 11) is -18.1. The largest absolute Gasteiger partial charge is 0.498 e. The number of alkyl halides is 2. The molecule has 0 saturated heterocycles. The Morgan fingerprint density at radius 2 is 1.10 bits per heavy atom. The molecule has 0 unspecified atom stereocenters. The maximum Gasteiger partial charge on any atom is 0.498 e. The van der Waals surface area contributed by atoms with Gasteiger partial charge in [0, 0.05) is 3.87 Å². The van der Waals surface area contributed by atoms with Gasteiger partial charge in [-0.2, -0.15) is 17.2 Å². The van der Waals surface area contributed by atoms with Crippen LogP contribution in [0.4, 0.5) is 8.78 Å². The highest BCUT2D eigenvalue weighted by molar-refractivity contribution is 8.11. The Morgan fingerprint density at radius 3 is 1.48 bits per heavy atom. The van der Waals surface area contributed by atoms with Gasteiger partial charge in [0.05, 0.1) is 6.26 Å². The average Bonchev–Trinajstić information content (AvgIpc) is 2.93. The molecule has 0 aromatic heterocycles. The lowest BCUT2D eigenvalue weighted by molar-refractivity contribution is 0.0725. The number of hydrogen-bond donors (Lipinski definition) is 1. The lowest BCUT2D eigenvalue weighted by atomic mass is 9.75. The number of nitrogens with zero attached hydrogens (tertiary/aromatic N) is 1. The quantitative estimate of drug-likeness (QED) is 0.258. The van der Waals surface area contributed by atoms with Gasteiger partial charge in [0.25, 0.3) is 0 Å². The molecule has 0 aliphatic heterocycles. The Labute approximate surface area is 236 Å². The monoisotopic (exact) mass is 627 g/mol. The van der Waals surface area contributed by atoms with E-state index in [0.717, 1.165) is 76.2 Å². The first-order valence-electron chi connectivity index (χ1n) is 14.1. The highest BCUT2D eigenvalue weighted by Gasteiger charge is 2.64. The summed E-state index contributed by atoms with van der Waals surface area (Å²) < 4.78 is 102. The zero-order valence-corrected chi connectivity index (χ0v) is 25.2. The molecule has 0 heterocycles. The molecule has 3 saturated carbocycles. The first-order valence-corrected chi connectivity index (χ1v) is 18.8. The molecule has 0 spiro atoms. The third-order valence-corrected chi connectivity index (χ3v) is 13.8. The molecule has 0 radical (unpaired) electrons. The summed E-state index contributed by atoms with van der Waals surface area (Å²) in [4.78, 5) is 0. The molecule has 9 nitrogen and oxygen atoms in total. The van der Waals surface area contributed by atoms with Gasteiger partial charge in [0.15, 0.2) is 0 Å². The van der Waals surface area contributed by atoms with Gasteiger partial charge >= 0.3 is 24.7 Å². The Balaban J connectivity index is 1.87. The summed E-state index contributed by atoms with van der Waals surface area (Å²) >= 11 is 0. The van der Waals surface area contributed by atoms with Crippen LogP contribution in [0, 0.1) is 0 Å². The number of halogens is 2. The predicted molar refractivity (Wildman–Crippen MR) is 146 cm³/mol. The number of benzene rings is 1. The minimum atomic E-state index is -6.62. The Morgan fingerprint density at radius 1 is 0.725 bits per heavy atom. The van der Waals surface area contributed by atoms with Gasteiger partial charge in [-0.15, -0.1) is 0 Å². The molecule has 3 aliphatic carbocycles. The van der Waals surface area contributed by atoms with Crippen LogP contribution in [0.5, 0.6) is 5.75 Å². The highest BCUT2D eigenvalue weighted by Crippen LogP contribution is 2.48. The van der Waals surface area contributed by atoms with E-state index >= 15 is 8.78 Å². The van der Waals surface area contributed by atoms with Crippen molar-refractivity contribution in [1.82, 2.24) is 3.87 Å². The van der Waals surface area contributed by atoms with E-state index in [9.17, 15) is 30.5 Å². The smallest absolute Gasteiger partial charge is 0.377 e. The fourth-order valence-corrected chi connectivity index (χ4v) is 10.3. The first-order chi connectivity index (χ1) is 18.7. The maximum absolute atomic E-state index is 15.2. The van der Waals surface area contributed by atoms with Gasteiger partial charge < -0.3 is 4.18 Å². The summed E-state index contributed by atoms with van der Waals surface area (Å²) in [6.07, 6.45) is 13.7. The van der Waals surface area contributed by atoms with E-state index in [4.69, 9.17) is 4.18 Å². The third-order valence-electron chi connectivity index (χ3n) is 8.61. The molecule has 3 aliphatic rings. The summed E-state index contributed by atoms with van der Waals surface area (Å²) in [5.41, 5.74) is 2.01. The van der Waals surface area contributed by atoms with E-state index in [1.165, 1.54) is 0 Å². The zero-order valence-electron chi connectivity index (χ0n) is 22.7. The second-order valence-electron chi connectivity index (χ2n) is 11.5. The molecule has 3 fully saturated rings. The van der Waals surface area contributed by atoms with Crippen LogP contribution >= 0.6 is 0 Å². The molecular formula is C26H39F2NO8S3. The van der Waals surface area contributed by atoms with Gasteiger partial charge in [0.2, 0.25) is 10.0 Å². The molecule has 1 N–H and O–H groups in total. The third kappa shape index (κ3) is 6.35. The lowest BCUT2D eigenvalue weighted by Gasteiger charge is -2.32. The Bertz CT molecular complexity index is 1340. The van der Waals surface area contributed by atoms with Crippen LogP contribution in [-0.4, -0.2) is 45.2 Å². The fourth-order valence-electron chi connectivity index (χ4n) is 6.46. The molecule has 0 bridgehead atoms. The summed E-state index contributed by atoms with van der Waals surface area (Å²) in [6, 6.07) is 3.73. The van der Waals surface area contributed by atoms with E-state index in [1.54, 1.807) is 0 Å². The molecule has 14 heteroatoms. The molecule has 0 amide bonds. The van der Waals surface area contributed by atoms with Crippen LogP contribution in [0.1, 0.15) is 131 Å². The van der Waals surface area contributed by atoms with Crippen molar-refractivity contribution < 1.29 is 43.4 Å². The van der Waals surface area contributed by atoms with Crippen molar-refractivity contribution in [2.45, 2.75) is 119 Å². The minimum absolute atomic E-state index is 0.152. The van der Waals surface area contributed by atoms with Crippen molar-refractivity contribution in [1.29, 1.82) is 0 Å². The number of sulfonamides is 2. The van der Waals surface area contributed by atoms with Gasteiger partial charge in [-0.3, -0.25) is 5.21 Å². The van der Waals surface area contributed by atoms with Crippen LogP contribution in [0.25, 0.3) is 0 Å². The molecular weight excluding hydrogens is 588 g/mol. The van der Waals surface area contributed by atoms with E-state index in [0.29, 0.717) is 36.8 Å². The highest BCUT2D eigenvalue weighted by atomic mass is 32.3. The van der Waals surface area contributed by atoms with E-state index in [-0.39, 0.29) is 29.8 Å². The molecule has 1 aromatic carbocycles. The predicted octanol–water partition coefficient (Wildman–Crippen LogP) is 6.07. The molecule has 4 rings (SSSR count). The average molecular weight is 628 g/mol. The standard InChI is InChI=1S/C26H39F2NO8S3/c1-38(31,32)29(30)39(33,34)26(27,28)40(35,36)37-25-23(20-13-7-3-8-14-20)17-22(19-11-5-2-6-12-19)18-24(25)21-15-9-4-10-16-21/h17-21,30H,2-16H2,1H3. The Kier molecular flexibility index (Phi) is 9.55. The van der Waals surface area contributed by atoms with Gasteiger partial charge in [-0.1, -0.05) is 69.9 Å². The van der Waals surface area contributed by atoms with Crippen molar-refractivity contribution in [3.8, 4) is 5.75 Å². The SMILES string of the molecule is CS(=O)(=O)N(O)S(=O)(=O)C(F)(F)S(=O)(=O)Oc1c(C2CCCCC2)cc(C2CCCCC2)cc1C1CCCCC1. The van der Waals surface area contributed by atoms with Gasteiger partial charge in [-0.25, -0.2) is 16.8 Å². The van der Waals surface area contributed by atoms with Crippen molar-refractivity contribution in [3.05, 3.63) is 28.8 Å². The van der Waals surface area contributed by atoms with E-state index in [2.05, 4.69) is 0 Å². The number of rotatable bonds is 9. The first kappa shape index (κ1) is 31.6. The molecule has 0 atom stereocenters. The van der Waals surface area contributed by atoms with E-state index in [1.807, 2.05) is 12.1 Å². The molecule has 40 heavy (non-hydrogen) atoms. The van der Waals surface area contributed by atoms with Crippen LogP contribution in [0.2, 0.25) is 0 Å². The van der Waals surface area contributed by atoms with Crippen LogP contribution in [0.3, 0.4) is 0 Å². The van der Waals surface area contributed by atoms with Crippen molar-refractivity contribution >= 4 is 30.2 Å². The van der Waals surface area contributed by atoms with Gasteiger partial charge in [0.1, 0.15) is 5.75 Å². The minimum Gasteiger partial charge on any atom is -0.377 e. The topological polar surface area (TPSA) is 135 Å². The second kappa shape index (κ2) is 12.1. The van der Waals surface area contributed by atoms with Crippen molar-refractivity contribution in [3.63, 3.8) is 0 Å². The van der Waals surface area contributed by atoms with Crippen LogP contribution < -0.4 is 4.18 Å². The van der Waals surface area contributed by atoms with Crippen LogP contribution in [0.15, 0.2) is 12.1 Å². The summed E-state index contributed by atoms with van der Waals surface area (Å²) in [5.74, 6) is -0.318. The van der Waals surface area contributed by atoms with Crippen molar-refractivity contribution in [2.75, 3.05) is 6.26 Å². The summed E-state index contributed by atoms with van der Waals surface area (Å²) in [5, 5.41) is 9.53. The van der Waals surface area contributed by atoms with Crippen molar-refractivity contribution in [2.24, 2.45) is 0 Å². The maximum atomic E-state index is 15.2. The second-order valence-corrected chi connectivity index (χ2v) is 17.2. The summed E-state index contributed by atoms with van der Waals surface area (Å²) in [6.45, 7) is 0. The zero-order chi connectivity index (χ0) is 29.3. The van der Waals surface area contributed by atoms with Gasteiger partial charge in [-0.05, 0) is 73.0 Å². The van der Waals surface area contributed by atoms with Crippen LogP contribution in [-0.2, 0) is 30.2 Å². The molecule has 1 aromatic rings. The number of hydrogen-bond acceptors (Lipinski definition) is 8. The normalized spacial score (nSPS) is 21.5. The fraction of sp³-hybridized carbons (Fsp3) is 0.769. The molecule has 228 valence electrons. The van der Waals surface area contributed by atoms with E-state index < -0.39 is 38.6 Å². The lowest BCUT2D eigenvalue weighted by Crippen LogP contribution is -2.49.